The van der Waals surface area contributed by atoms with E-state index in [4.69, 9.17) is 15.2 Å². The van der Waals surface area contributed by atoms with Crippen molar-refractivity contribution < 1.29 is 9.47 Å². The van der Waals surface area contributed by atoms with E-state index in [1.165, 1.54) is 25.7 Å². The zero-order valence-electron chi connectivity index (χ0n) is 13.4. The zero-order chi connectivity index (χ0) is 15.2. The Kier molecular flexibility index (Phi) is 7.42. The first-order chi connectivity index (χ1) is 10.8. The second-order valence-electron chi connectivity index (χ2n) is 5.92. The van der Waals surface area contributed by atoms with Crippen molar-refractivity contribution in [2.24, 2.45) is 10.7 Å². The second kappa shape index (κ2) is 9.32. The van der Waals surface area contributed by atoms with E-state index in [2.05, 4.69) is 16.4 Å². The van der Waals surface area contributed by atoms with Gasteiger partial charge in [0.15, 0.2) is 5.96 Å². The van der Waals surface area contributed by atoms with E-state index in [9.17, 15) is 0 Å². The van der Waals surface area contributed by atoms with Gasteiger partial charge in [0.05, 0.1) is 31.9 Å². The Balaban J connectivity index is 0.00000192. The largest absolute Gasteiger partial charge is 0.493 e. The van der Waals surface area contributed by atoms with Crippen LogP contribution in [0.3, 0.4) is 0 Å². The van der Waals surface area contributed by atoms with E-state index < -0.39 is 0 Å². The molecule has 3 rings (SSSR count). The van der Waals surface area contributed by atoms with Crippen LogP contribution in [0.15, 0.2) is 29.3 Å². The average molecular weight is 431 g/mol. The van der Waals surface area contributed by atoms with E-state index >= 15 is 0 Å². The Morgan fingerprint density at radius 1 is 1.26 bits per heavy atom. The van der Waals surface area contributed by atoms with Gasteiger partial charge in [0.2, 0.25) is 0 Å². The molecule has 2 aliphatic rings. The molecular formula is C17H26IN3O2. The maximum absolute atomic E-state index is 6.00. The maximum Gasteiger partial charge on any atom is 0.189 e. The third-order valence-corrected chi connectivity index (χ3v) is 4.31. The molecule has 1 saturated carbocycles. The van der Waals surface area contributed by atoms with E-state index in [1.54, 1.807) is 0 Å². The predicted molar refractivity (Wildman–Crippen MR) is 103 cm³/mol. The van der Waals surface area contributed by atoms with Gasteiger partial charge in [-0.3, -0.25) is 4.99 Å². The lowest BCUT2D eigenvalue weighted by atomic mass is 10.0. The summed E-state index contributed by atoms with van der Waals surface area (Å²) in [6.45, 7) is 1.96. The first kappa shape index (κ1) is 18.3. The topological polar surface area (TPSA) is 68.9 Å². The van der Waals surface area contributed by atoms with Crippen molar-refractivity contribution >= 4 is 29.9 Å². The van der Waals surface area contributed by atoms with Crippen LogP contribution in [0, 0.1) is 0 Å². The molecule has 0 saturated heterocycles. The van der Waals surface area contributed by atoms with Crippen LogP contribution in [0.5, 0.6) is 5.75 Å². The maximum atomic E-state index is 6.00. The minimum Gasteiger partial charge on any atom is -0.493 e. The van der Waals surface area contributed by atoms with Crippen molar-refractivity contribution in [3.63, 3.8) is 0 Å². The van der Waals surface area contributed by atoms with Crippen LogP contribution in [0.2, 0.25) is 0 Å². The van der Waals surface area contributed by atoms with Gasteiger partial charge in [-0.25, -0.2) is 0 Å². The van der Waals surface area contributed by atoms with Gasteiger partial charge in [-0.15, -0.1) is 24.0 Å². The van der Waals surface area contributed by atoms with Gasteiger partial charge in [0, 0.05) is 12.0 Å². The number of hydrogen-bond acceptors (Lipinski definition) is 3. The van der Waals surface area contributed by atoms with Gasteiger partial charge in [-0.1, -0.05) is 31.0 Å². The molecule has 1 aliphatic heterocycles. The molecule has 1 unspecified atom stereocenters. The molecule has 1 atom stereocenters. The summed E-state index contributed by atoms with van der Waals surface area (Å²) >= 11 is 0. The standard InChI is InChI=1S/C17H25N3O2.HI/c18-17(19-10-12-21-13-5-1-2-6-13)20-15-9-11-22-16-8-4-3-7-14(15)16;/h3-4,7-8,13,15H,1-2,5-6,9-12H2,(H3,18,19,20);1H. The predicted octanol–water partition coefficient (Wildman–Crippen LogP) is 2.99. The average Bonchev–Trinajstić information content (AvgIpc) is 3.05. The molecule has 0 bridgehead atoms. The number of para-hydroxylation sites is 1. The molecule has 3 N–H and O–H groups in total. The SMILES string of the molecule is I.NC(=NCCOC1CCCC1)NC1CCOc2ccccc21. The molecule has 1 aromatic rings. The third-order valence-electron chi connectivity index (χ3n) is 4.31. The van der Waals surface area contributed by atoms with Crippen LogP contribution in [0.25, 0.3) is 0 Å². The van der Waals surface area contributed by atoms with Gasteiger partial charge < -0.3 is 20.5 Å². The van der Waals surface area contributed by atoms with Gasteiger partial charge in [0.1, 0.15) is 5.75 Å². The van der Waals surface area contributed by atoms with Crippen molar-refractivity contribution in [3.05, 3.63) is 29.8 Å². The van der Waals surface area contributed by atoms with Crippen molar-refractivity contribution in [2.75, 3.05) is 19.8 Å². The Labute approximate surface area is 155 Å². The number of fused-ring (bicyclic) bond motifs is 1. The fourth-order valence-electron chi connectivity index (χ4n) is 3.16. The summed E-state index contributed by atoms with van der Waals surface area (Å²) in [7, 11) is 0. The lowest BCUT2D eigenvalue weighted by Gasteiger charge is -2.26. The van der Waals surface area contributed by atoms with Crippen LogP contribution in [0.1, 0.15) is 43.7 Å². The summed E-state index contributed by atoms with van der Waals surface area (Å²) in [6, 6.07) is 8.24. The van der Waals surface area contributed by atoms with Crippen LogP contribution in [-0.4, -0.2) is 31.8 Å². The number of ether oxygens (including phenoxy) is 2. The lowest BCUT2D eigenvalue weighted by molar-refractivity contribution is 0.0643. The zero-order valence-corrected chi connectivity index (χ0v) is 15.7. The number of rotatable bonds is 5. The Bertz CT molecular complexity index is 518. The summed E-state index contributed by atoms with van der Waals surface area (Å²) in [5, 5.41) is 3.30. The van der Waals surface area contributed by atoms with Gasteiger partial charge >= 0.3 is 0 Å². The molecule has 1 aliphatic carbocycles. The van der Waals surface area contributed by atoms with Crippen LogP contribution in [-0.2, 0) is 4.74 Å². The third kappa shape index (κ3) is 5.24. The van der Waals surface area contributed by atoms with Crippen molar-refractivity contribution in [1.29, 1.82) is 0 Å². The highest BCUT2D eigenvalue weighted by atomic mass is 127. The number of hydrogen-bond donors (Lipinski definition) is 2. The highest BCUT2D eigenvalue weighted by Crippen LogP contribution is 2.31. The molecule has 23 heavy (non-hydrogen) atoms. The first-order valence-electron chi connectivity index (χ1n) is 8.23. The highest BCUT2D eigenvalue weighted by Gasteiger charge is 2.21. The van der Waals surface area contributed by atoms with Gasteiger partial charge in [-0.05, 0) is 18.9 Å². The number of halogens is 1. The number of benzene rings is 1. The minimum atomic E-state index is 0. The normalized spacial score (nSPS) is 21.2. The molecule has 0 amide bonds. The van der Waals surface area contributed by atoms with Gasteiger partial charge in [-0.2, -0.15) is 0 Å². The first-order valence-corrected chi connectivity index (χ1v) is 8.23. The molecule has 1 fully saturated rings. The number of aliphatic imine (C=N–C) groups is 1. The summed E-state index contributed by atoms with van der Waals surface area (Å²) in [4.78, 5) is 4.37. The second-order valence-corrected chi connectivity index (χ2v) is 5.92. The van der Waals surface area contributed by atoms with Crippen LogP contribution < -0.4 is 15.8 Å². The van der Waals surface area contributed by atoms with Gasteiger partial charge in [0.25, 0.3) is 0 Å². The Morgan fingerprint density at radius 3 is 2.87 bits per heavy atom. The molecule has 5 nitrogen and oxygen atoms in total. The lowest BCUT2D eigenvalue weighted by Crippen LogP contribution is -2.37. The fraction of sp³-hybridized carbons (Fsp3) is 0.588. The van der Waals surface area contributed by atoms with E-state index in [1.807, 2.05) is 18.2 Å². The highest BCUT2D eigenvalue weighted by molar-refractivity contribution is 14.0. The Morgan fingerprint density at radius 2 is 2.04 bits per heavy atom. The molecule has 1 heterocycles. The molecule has 0 aromatic heterocycles. The van der Waals surface area contributed by atoms with E-state index in [0.717, 1.165) is 17.7 Å². The Hall–Kier alpha value is -1.02. The number of guanidine groups is 1. The van der Waals surface area contributed by atoms with Crippen molar-refractivity contribution in [2.45, 2.75) is 44.2 Å². The van der Waals surface area contributed by atoms with Crippen molar-refractivity contribution in [1.82, 2.24) is 5.32 Å². The van der Waals surface area contributed by atoms with Crippen LogP contribution in [0.4, 0.5) is 0 Å². The fourth-order valence-corrected chi connectivity index (χ4v) is 3.16. The molecule has 6 heteroatoms. The quantitative estimate of drug-likeness (QED) is 0.326. The summed E-state index contributed by atoms with van der Waals surface area (Å²) in [5.41, 5.74) is 7.15. The summed E-state index contributed by atoms with van der Waals surface area (Å²) in [6.07, 6.45) is 6.30. The molecular weight excluding hydrogens is 405 g/mol. The minimum absolute atomic E-state index is 0. The number of nitrogens with two attached hydrogens (primary N) is 1. The molecule has 128 valence electrons. The number of nitrogens with one attached hydrogen (secondary N) is 1. The molecule has 1 aromatic carbocycles. The van der Waals surface area contributed by atoms with E-state index in [0.29, 0.717) is 31.8 Å². The van der Waals surface area contributed by atoms with E-state index in [-0.39, 0.29) is 30.0 Å². The van der Waals surface area contributed by atoms with Crippen molar-refractivity contribution in [3.8, 4) is 5.75 Å². The summed E-state index contributed by atoms with van der Waals surface area (Å²) in [5.74, 6) is 1.42. The monoisotopic (exact) mass is 431 g/mol. The number of nitrogens with zero attached hydrogens (tertiary/aromatic N) is 1. The summed E-state index contributed by atoms with van der Waals surface area (Å²) < 4.78 is 11.4. The smallest absolute Gasteiger partial charge is 0.189 e. The van der Waals surface area contributed by atoms with Crippen LogP contribution >= 0.6 is 24.0 Å². The molecule has 0 spiro atoms. The molecule has 0 radical (unpaired) electrons.